The fraction of sp³-hybridized carbons (Fsp3) is 0.881. The quantitative estimate of drug-likeness (QED) is 0.0146. The number of aliphatic hydroxyl groups excluding tert-OH is 5. The minimum atomic E-state index is -5.03. The van der Waals surface area contributed by atoms with Gasteiger partial charge in [0.1, 0.15) is 42.7 Å². The molecule has 0 aromatic rings. The summed E-state index contributed by atoms with van der Waals surface area (Å²) in [6, 6.07) is 0. The van der Waals surface area contributed by atoms with E-state index in [4.69, 9.17) is 18.5 Å². The first-order valence-corrected chi connectivity index (χ1v) is 31.3. The lowest BCUT2D eigenvalue weighted by Gasteiger charge is -2.41. The van der Waals surface area contributed by atoms with Crippen LogP contribution in [-0.2, 0) is 27.9 Å². The average Bonchev–Trinajstić information content (AvgIpc) is 3.37. The van der Waals surface area contributed by atoms with Crippen molar-refractivity contribution in [2.24, 2.45) is 0 Å². The number of esters is 1. The molecule has 6 atom stereocenters. The minimum absolute atomic E-state index is 0.0761. The van der Waals surface area contributed by atoms with Crippen LogP contribution in [0.2, 0.25) is 0 Å². The minimum Gasteiger partial charge on any atom is -0.457 e. The summed E-state index contributed by atoms with van der Waals surface area (Å²) in [5.74, 6) is -0.476. The van der Waals surface area contributed by atoms with E-state index in [1.807, 2.05) is 0 Å². The van der Waals surface area contributed by atoms with Gasteiger partial charge < -0.3 is 39.9 Å². The molecule has 6 unspecified atom stereocenters. The molecule has 424 valence electrons. The molecule has 12 nitrogen and oxygen atoms in total. The molecule has 0 radical (unpaired) electrons. The standard InChI is InChI=1S/C59H111O12P/c1-3-5-7-9-11-13-15-17-19-21-23-25-26-27-29-31-33-35-37-39-41-43-45-47-49-68-50-52(51-69-72(66,67)71-59-57(64)55(62)54(61)56(63)58(59)65)70-53(60)48-46-44-42-40-38-36-34-32-30-28-24-22-20-18-16-14-12-10-8-6-4-2/h15,17,21-24,52,54-59,61-65H,3-14,16,18-20,25-51H2,1-2H3,(H,66,67)/b17-15-,23-21-,24-22-. The van der Waals surface area contributed by atoms with Crippen molar-refractivity contribution >= 4 is 13.8 Å². The molecule has 13 heteroatoms. The van der Waals surface area contributed by atoms with Crippen LogP contribution in [0.5, 0.6) is 0 Å². The molecule has 0 saturated heterocycles. The predicted octanol–water partition coefficient (Wildman–Crippen LogP) is 14.5. The summed E-state index contributed by atoms with van der Waals surface area (Å²) in [5, 5.41) is 50.5. The molecule has 6 N–H and O–H groups in total. The first-order chi connectivity index (χ1) is 35.0. The van der Waals surface area contributed by atoms with Crippen molar-refractivity contribution in [3.8, 4) is 0 Å². The van der Waals surface area contributed by atoms with E-state index in [-0.39, 0.29) is 13.0 Å². The monoisotopic (exact) mass is 1040 g/mol. The predicted molar refractivity (Wildman–Crippen MR) is 295 cm³/mol. The van der Waals surface area contributed by atoms with Crippen LogP contribution in [0.3, 0.4) is 0 Å². The van der Waals surface area contributed by atoms with Crippen molar-refractivity contribution in [1.82, 2.24) is 0 Å². The van der Waals surface area contributed by atoms with Gasteiger partial charge in [0.2, 0.25) is 0 Å². The fourth-order valence-electron chi connectivity index (χ4n) is 9.27. The lowest BCUT2D eigenvalue weighted by atomic mass is 9.85. The van der Waals surface area contributed by atoms with Gasteiger partial charge in [0.05, 0.1) is 13.2 Å². The third-order valence-corrected chi connectivity index (χ3v) is 15.0. The maximum absolute atomic E-state index is 12.9. The second kappa shape index (κ2) is 49.2. The van der Waals surface area contributed by atoms with Gasteiger partial charge in [-0.3, -0.25) is 13.8 Å². The first-order valence-electron chi connectivity index (χ1n) is 29.8. The van der Waals surface area contributed by atoms with E-state index in [2.05, 4.69) is 50.3 Å². The maximum Gasteiger partial charge on any atom is 0.472 e. The number of aliphatic hydroxyl groups is 5. The van der Waals surface area contributed by atoms with Crippen LogP contribution in [0.25, 0.3) is 0 Å². The Balaban J connectivity index is 2.27. The summed E-state index contributed by atoms with van der Waals surface area (Å²) in [6.07, 6.45) is 49.3. The number of ether oxygens (including phenoxy) is 2. The Hall–Kier alpha value is -1.44. The van der Waals surface area contributed by atoms with Crippen LogP contribution < -0.4 is 0 Å². The summed E-state index contributed by atoms with van der Waals surface area (Å²) >= 11 is 0. The van der Waals surface area contributed by atoms with E-state index in [0.717, 1.165) is 44.9 Å². The molecule has 0 amide bonds. The van der Waals surface area contributed by atoms with Crippen molar-refractivity contribution < 1.29 is 58.3 Å². The number of hydrogen-bond donors (Lipinski definition) is 6. The van der Waals surface area contributed by atoms with E-state index in [1.165, 1.54) is 199 Å². The Bertz CT molecular complexity index is 1330. The summed E-state index contributed by atoms with van der Waals surface area (Å²) in [6.45, 7) is 4.30. The van der Waals surface area contributed by atoms with Crippen molar-refractivity contribution in [3.05, 3.63) is 36.5 Å². The van der Waals surface area contributed by atoms with Gasteiger partial charge in [-0.05, 0) is 70.6 Å². The summed E-state index contributed by atoms with van der Waals surface area (Å²) in [4.78, 5) is 23.3. The Morgan fingerprint density at radius 1 is 0.444 bits per heavy atom. The Morgan fingerprint density at radius 2 is 0.778 bits per heavy atom. The zero-order valence-corrected chi connectivity index (χ0v) is 46.9. The van der Waals surface area contributed by atoms with E-state index in [1.54, 1.807) is 0 Å². The van der Waals surface area contributed by atoms with Gasteiger partial charge in [0.15, 0.2) is 0 Å². The normalized spacial score (nSPS) is 20.8. The molecule has 1 rings (SSSR count). The number of unbranched alkanes of at least 4 members (excludes halogenated alkanes) is 34. The lowest BCUT2D eigenvalue weighted by Crippen LogP contribution is -2.64. The number of phosphoric acid groups is 1. The molecule has 1 aliphatic carbocycles. The lowest BCUT2D eigenvalue weighted by molar-refractivity contribution is -0.220. The zero-order chi connectivity index (χ0) is 52.6. The molecule has 72 heavy (non-hydrogen) atoms. The number of allylic oxidation sites excluding steroid dienone is 6. The molecule has 0 aliphatic heterocycles. The van der Waals surface area contributed by atoms with Crippen LogP contribution in [0.1, 0.15) is 271 Å². The second-order valence-electron chi connectivity index (χ2n) is 20.8. The van der Waals surface area contributed by atoms with Crippen LogP contribution in [0.15, 0.2) is 36.5 Å². The van der Waals surface area contributed by atoms with Crippen molar-refractivity contribution in [2.75, 3.05) is 19.8 Å². The Kier molecular flexibility index (Phi) is 46.8. The zero-order valence-electron chi connectivity index (χ0n) is 46.0. The highest BCUT2D eigenvalue weighted by atomic mass is 31.2. The molecule has 0 heterocycles. The molecule has 1 saturated carbocycles. The van der Waals surface area contributed by atoms with E-state index >= 15 is 0 Å². The third kappa shape index (κ3) is 39.9. The van der Waals surface area contributed by atoms with Gasteiger partial charge in [0.25, 0.3) is 0 Å². The van der Waals surface area contributed by atoms with E-state index < -0.39 is 63.1 Å². The van der Waals surface area contributed by atoms with Crippen molar-refractivity contribution in [1.29, 1.82) is 0 Å². The highest BCUT2D eigenvalue weighted by Crippen LogP contribution is 2.47. The number of carbonyl (C=O) groups excluding carboxylic acids is 1. The van der Waals surface area contributed by atoms with Gasteiger partial charge >= 0.3 is 13.8 Å². The highest BCUT2D eigenvalue weighted by Gasteiger charge is 2.51. The van der Waals surface area contributed by atoms with Gasteiger partial charge in [-0.15, -0.1) is 0 Å². The second-order valence-corrected chi connectivity index (χ2v) is 22.2. The van der Waals surface area contributed by atoms with Crippen molar-refractivity contribution in [2.45, 2.75) is 313 Å². The molecule has 1 fully saturated rings. The largest absolute Gasteiger partial charge is 0.472 e. The first kappa shape index (κ1) is 68.6. The van der Waals surface area contributed by atoms with Gasteiger partial charge in [-0.2, -0.15) is 0 Å². The highest BCUT2D eigenvalue weighted by molar-refractivity contribution is 7.47. The summed E-state index contributed by atoms with van der Waals surface area (Å²) < 4.78 is 34.4. The van der Waals surface area contributed by atoms with Crippen LogP contribution in [0, 0.1) is 0 Å². The van der Waals surface area contributed by atoms with Gasteiger partial charge in [-0.1, -0.05) is 230 Å². The molecule has 0 spiro atoms. The fourth-order valence-corrected chi connectivity index (χ4v) is 10.2. The molecule has 0 aromatic carbocycles. The average molecular weight is 1040 g/mol. The maximum atomic E-state index is 12.9. The third-order valence-electron chi connectivity index (χ3n) is 14.0. The molecule has 0 bridgehead atoms. The number of phosphoric ester groups is 1. The van der Waals surface area contributed by atoms with Gasteiger partial charge in [-0.25, -0.2) is 4.57 Å². The van der Waals surface area contributed by atoms with Crippen LogP contribution in [0.4, 0.5) is 0 Å². The molecule has 1 aliphatic rings. The summed E-state index contributed by atoms with van der Waals surface area (Å²) in [5.41, 5.74) is 0. The molecular weight excluding hydrogens is 932 g/mol. The van der Waals surface area contributed by atoms with E-state index in [0.29, 0.717) is 13.0 Å². The molecule has 0 aromatic heterocycles. The summed E-state index contributed by atoms with van der Waals surface area (Å²) in [7, 11) is -5.03. The number of rotatable bonds is 52. The van der Waals surface area contributed by atoms with Gasteiger partial charge in [0, 0.05) is 13.0 Å². The van der Waals surface area contributed by atoms with E-state index in [9.17, 15) is 39.8 Å². The Morgan fingerprint density at radius 3 is 1.18 bits per heavy atom. The number of hydrogen-bond acceptors (Lipinski definition) is 11. The topological polar surface area (TPSA) is 192 Å². The SMILES string of the molecule is CCCCCCC/C=C\C/C=C\CCCCCCCCCCCCCCOCC(COP(=O)(O)OC1C(O)C(O)C(O)C(O)C1O)OC(=O)CCCCCCCCCCC/C=C\CCCCCCCCCC. The Labute approximate surface area is 440 Å². The van der Waals surface area contributed by atoms with Crippen LogP contribution >= 0.6 is 7.82 Å². The molecular formula is C59H111O12P. The van der Waals surface area contributed by atoms with Crippen LogP contribution in [-0.4, -0.2) is 98.9 Å². The van der Waals surface area contributed by atoms with Crippen molar-refractivity contribution in [3.63, 3.8) is 0 Å². The smallest absolute Gasteiger partial charge is 0.457 e. The number of carbonyl (C=O) groups is 1.